The second-order valence-corrected chi connectivity index (χ2v) is 3.50. The fraction of sp³-hybridized carbons (Fsp3) is 0.700. The minimum Gasteiger partial charge on any atom is -0.481 e. The van der Waals surface area contributed by atoms with Crippen LogP contribution in [-0.4, -0.2) is 11.1 Å². The van der Waals surface area contributed by atoms with Gasteiger partial charge in [-0.15, -0.1) is 0 Å². The Morgan fingerprint density at radius 1 is 1.50 bits per heavy atom. The number of allylic oxidation sites excluding steroid dienone is 2. The van der Waals surface area contributed by atoms with Crippen LogP contribution < -0.4 is 0 Å². The lowest BCUT2D eigenvalue weighted by molar-refractivity contribution is -0.143. The van der Waals surface area contributed by atoms with Crippen molar-refractivity contribution in [2.75, 3.05) is 0 Å². The summed E-state index contributed by atoms with van der Waals surface area (Å²) in [6.07, 6.45) is 8.71. The van der Waals surface area contributed by atoms with Gasteiger partial charge < -0.3 is 5.11 Å². The number of aliphatic carboxylic acids is 1. The van der Waals surface area contributed by atoms with Crippen LogP contribution in [0.1, 0.15) is 39.0 Å². The molecule has 1 aliphatic carbocycles. The first-order valence-electron chi connectivity index (χ1n) is 4.60. The highest BCUT2D eigenvalue weighted by atomic mass is 16.4. The summed E-state index contributed by atoms with van der Waals surface area (Å²) in [5.41, 5.74) is -0.335. The predicted molar refractivity (Wildman–Crippen MR) is 48.0 cm³/mol. The minimum absolute atomic E-state index is 0.335. The van der Waals surface area contributed by atoms with Gasteiger partial charge in [-0.05, 0) is 32.1 Å². The molecule has 0 amide bonds. The SMILES string of the molecule is CC/C=C\CCC1(C(=O)O)CC1. The van der Waals surface area contributed by atoms with E-state index >= 15 is 0 Å². The quantitative estimate of drug-likeness (QED) is 0.641. The summed E-state index contributed by atoms with van der Waals surface area (Å²) < 4.78 is 0. The van der Waals surface area contributed by atoms with Gasteiger partial charge in [0.05, 0.1) is 5.41 Å². The largest absolute Gasteiger partial charge is 0.481 e. The number of carboxylic acids is 1. The molecule has 2 heteroatoms. The topological polar surface area (TPSA) is 37.3 Å². The van der Waals surface area contributed by atoms with E-state index in [0.29, 0.717) is 0 Å². The minimum atomic E-state index is -0.604. The van der Waals surface area contributed by atoms with Gasteiger partial charge in [0.15, 0.2) is 0 Å². The maximum atomic E-state index is 10.7. The van der Waals surface area contributed by atoms with Gasteiger partial charge in [0.25, 0.3) is 0 Å². The van der Waals surface area contributed by atoms with Gasteiger partial charge >= 0.3 is 5.97 Å². The van der Waals surface area contributed by atoms with E-state index < -0.39 is 5.97 Å². The monoisotopic (exact) mass is 168 g/mol. The van der Waals surface area contributed by atoms with Gasteiger partial charge in [-0.1, -0.05) is 19.1 Å². The number of rotatable bonds is 5. The molecule has 0 radical (unpaired) electrons. The molecule has 0 aliphatic heterocycles. The van der Waals surface area contributed by atoms with Gasteiger partial charge in [0, 0.05) is 0 Å². The van der Waals surface area contributed by atoms with Crippen molar-refractivity contribution >= 4 is 5.97 Å². The molecule has 68 valence electrons. The molecule has 0 heterocycles. The maximum Gasteiger partial charge on any atom is 0.309 e. The zero-order valence-corrected chi connectivity index (χ0v) is 7.55. The highest BCUT2D eigenvalue weighted by Gasteiger charge is 2.49. The van der Waals surface area contributed by atoms with Crippen molar-refractivity contribution in [2.24, 2.45) is 5.41 Å². The summed E-state index contributed by atoms with van der Waals surface area (Å²) in [4.78, 5) is 10.7. The third-order valence-electron chi connectivity index (χ3n) is 2.50. The second-order valence-electron chi connectivity index (χ2n) is 3.50. The van der Waals surface area contributed by atoms with Crippen LogP contribution in [0.3, 0.4) is 0 Å². The molecule has 1 rings (SSSR count). The Bertz CT molecular complexity index is 190. The zero-order valence-electron chi connectivity index (χ0n) is 7.55. The molecule has 1 aliphatic rings. The van der Waals surface area contributed by atoms with Crippen LogP contribution in [0.2, 0.25) is 0 Å². The van der Waals surface area contributed by atoms with E-state index in [2.05, 4.69) is 19.1 Å². The van der Waals surface area contributed by atoms with Crippen LogP contribution in [0.25, 0.3) is 0 Å². The lowest BCUT2D eigenvalue weighted by Crippen LogP contribution is -2.13. The molecule has 0 aromatic carbocycles. The van der Waals surface area contributed by atoms with Crippen molar-refractivity contribution in [2.45, 2.75) is 39.0 Å². The van der Waals surface area contributed by atoms with Crippen molar-refractivity contribution in [1.82, 2.24) is 0 Å². The van der Waals surface area contributed by atoms with E-state index in [1.165, 1.54) is 0 Å². The first-order chi connectivity index (χ1) is 5.71. The molecule has 0 unspecified atom stereocenters. The van der Waals surface area contributed by atoms with E-state index in [-0.39, 0.29) is 5.41 Å². The predicted octanol–water partition coefficient (Wildman–Crippen LogP) is 2.60. The summed E-state index contributed by atoms with van der Waals surface area (Å²) in [6, 6.07) is 0. The Kier molecular flexibility index (Phi) is 2.90. The first-order valence-corrected chi connectivity index (χ1v) is 4.60. The Balaban J connectivity index is 2.23. The molecule has 1 saturated carbocycles. The fourth-order valence-corrected chi connectivity index (χ4v) is 1.37. The van der Waals surface area contributed by atoms with Gasteiger partial charge in [0.2, 0.25) is 0 Å². The molecule has 0 aromatic rings. The molecule has 0 saturated heterocycles. The number of carboxylic acid groups (broad SMARTS) is 1. The smallest absolute Gasteiger partial charge is 0.309 e. The summed E-state index contributed by atoms with van der Waals surface area (Å²) in [6.45, 7) is 2.08. The summed E-state index contributed by atoms with van der Waals surface area (Å²) in [5, 5.41) is 8.84. The molecule has 1 fully saturated rings. The third-order valence-corrected chi connectivity index (χ3v) is 2.50. The fourth-order valence-electron chi connectivity index (χ4n) is 1.37. The lowest BCUT2D eigenvalue weighted by Gasteiger charge is -2.05. The average Bonchev–Trinajstić information content (AvgIpc) is 2.79. The Morgan fingerprint density at radius 3 is 2.58 bits per heavy atom. The van der Waals surface area contributed by atoms with Gasteiger partial charge in [-0.3, -0.25) is 4.79 Å². The summed E-state index contributed by atoms with van der Waals surface area (Å²) in [5.74, 6) is -0.604. The van der Waals surface area contributed by atoms with E-state index in [0.717, 1.165) is 32.1 Å². The summed E-state index contributed by atoms with van der Waals surface area (Å²) in [7, 11) is 0. The van der Waals surface area contributed by atoms with Gasteiger partial charge in [0.1, 0.15) is 0 Å². The lowest BCUT2D eigenvalue weighted by atomic mass is 10.0. The Morgan fingerprint density at radius 2 is 2.17 bits per heavy atom. The standard InChI is InChI=1S/C10H16O2/c1-2-3-4-5-6-10(7-8-10)9(11)12/h3-4H,2,5-8H2,1H3,(H,11,12)/b4-3-. The summed E-state index contributed by atoms with van der Waals surface area (Å²) >= 11 is 0. The molecule has 0 atom stereocenters. The molecule has 0 aromatic heterocycles. The maximum absolute atomic E-state index is 10.7. The van der Waals surface area contributed by atoms with Crippen LogP contribution in [0.4, 0.5) is 0 Å². The van der Waals surface area contributed by atoms with E-state index in [1.54, 1.807) is 0 Å². The van der Waals surface area contributed by atoms with Crippen LogP contribution in [0.15, 0.2) is 12.2 Å². The molecule has 0 bridgehead atoms. The number of hydrogen-bond acceptors (Lipinski definition) is 1. The Labute approximate surface area is 73.3 Å². The highest BCUT2D eigenvalue weighted by molar-refractivity contribution is 5.77. The number of carbonyl (C=O) groups is 1. The van der Waals surface area contributed by atoms with Crippen LogP contribution in [0.5, 0.6) is 0 Å². The number of hydrogen-bond donors (Lipinski definition) is 1. The molecule has 12 heavy (non-hydrogen) atoms. The molecular weight excluding hydrogens is 152 g/mol. The third kappa shape index (κ3) is 2.10. The first kappa shape index (κ1) is 9.30. The van der Waals surface area contributed by atoms with Crippen molar-refractivity contribution in [3.8, 4) is 0 Å². The van der Waals surface area contributed by atoms with Crippen molar-refractivity contribution in [3.63, 3.8) is 0 Å². The highest BCUT2D eigenvalue weighted by Crippen LogP contribution is 2.49. The molecular formula is C10H16O2. The normalized spacial score (nSPS) is 19.8. The molecule has 2 nitrogen and oxygen atoms in total. The van der Waals surface area contributed by atoms with Gasteiger partial charge in [-0.2, -0.15) is 0 Å². The van der Waals surface area contributed by atoms with Crippen molar-refractivity contribution < 1.29 is 9.90 Å². The van der Waals surface area contributed by atoms with Crippen molar-refractivity contribution in [3.05, 3.63) is 12.2 Å². The van der Waals surface area contributed by atoms with Crippen LogP contribution in [0, 0.1) is 5.41 Å². The second kappa shape index (κ2) is 3.74. The van der Waals surface area contributed by atoms with Crippen LogP contribution in [-0.2, 0) is 4.79 Å². The van der Waals surface area contributed by atoms with E-state index in [9.17, 15) is 4.79 Å². The van der Waals surface area contributed by atoms with Gasteiger partial charge in [-0.25, -0.2) is 0 Å². The molecule has 0 spiro atoms. The van der Waals surface area contributed by atoms with E-state index in [1.807, 2.05) is 0 Å². The Hall–Kier alpha value is -0.790. The average molecular weight is 168 g/mol. The van der Waals surface area contributed by atoms with E-state index in [4.69, 9.17) is 5.11 Å². The van der Waals surface area contributed by atoms with Crippen LogP contribution >= 0.6 is 0 Å². The van der Waals surface area contributed by atoms with Crippen molar-refractivity contribution in [1.29, 1.82) is 0 Å². The molecule has 1 N–H and O–H groups in total. The zero-order chi connectivity index (χ0) is 9.03.